The average molecular weight is 271 g/mol. The van der Waals surface area contributed by atoms with E-state index in [-0.39, 0.29) is 5.60 Å². The number of aromatic carboxylic acids is 1. The number of rotatable bonds is 6. The number of thiophene rings is 1. The number of carbonyl (C=O) groups is 1. The number of nitrogens with one attached hydrogen (secondary N) is 1. The summed E-state index contributed by atoms with van der Waals surface area (Å²) < 4.78 is 10.8. The predicted molar refractivity (Wildman–Crippen MR) is 68.2 cm³/mol. The van der Waals surface area contributed by atoms with E-state index < -0.39 is 5.97 Å². The van der Waals surface area contributed by atoms with E-state index in [0.29, 0.717) is 31.2 Å². The molecular weight excluding hydrogens is 254 g/mol. The van der Waals surface area contributed by atoms with Gasteiger partial charge in [0.25, 0.3) is 0 Å². The van der Waals surface area contributed by atoms with Gasteiger partial charge in [0.05, 0.1) is 6.61 Å². The zero-order valence-corrected chi connectivity index (χ0v) is 11.1. The van der Waals surface area contributed by atoms with Crippen LogP contribution in [0.1, 0.15) is 21.7 Å². The van der Waals surface area contributed by atoms with Crippen molar-refractivity contribution in [2.45, 2.75) is 18.6 Å². The van der Waals surface area contributed by atoms with Gasteiger partial charge in [-0.2, -0.15) is 0 Å². The van der Waals surface area contributed by atoms with Crippen molar-refractivity contribution in [1.29, 1.82) is 0 Å². The minimum Gasteiger partial charge on any atom is -0.477 e. The maximum Gasteiger partial charge on any atom is 0.346 e. The Morgan fingerprint density at radius 3 is 3.17 bits per heavy atom. The maximum absolute atomic E-state index is 11.0. The van der Waals surface area contributed by atoms with E-state index in [4.69, 9.17) is 14.6 Å². The molecule has 1 atom stereocenters. The minimum absolute atomic E-state index is 0.264. The largest absolute Gasteiger partial charge is 0.477 e. The number of hydrogen-bond acceptors (Lipinski definition) is 5. The Kier molecular flexibility index (Phi) is 4.34. The van der Waals surface area contributed by atoms with Gasteiger partial charge in [-0.1, -0.05) is 0 Å². The van der Waals surface area contributed by atoms with Crippen molar-refractivity contribution in [3.05, 3.63) is 21.9 Å². The summed E-state index contributed by atoms with van der Waals surface area (Å²) in [7, 11) is 1.68. The quantitative estimate of drug-likeness (QED) is 0.817. The molecule has 18 heavy (non-hydrogen) atoms. The Labute approximate surface area is 110 Å². The highest BCUT2D eigenvalue weighted by molar-refractivity contribution is 7.12. The lowest BCUT2D eigenvalue weighted by molar-refractivity contribution is -0.0159. The van der Waals surface area contributed by atoms with Crippen LogP contribution in [0.15, 0.2) is 11.4 Å². The summed E-state index contributed by atoms with van der Waals surface area (Å²) in [6, 6.07) is 1.84. The molecule has 0 spiro atoms. The van der Waals surface area contributed by atoms with E-state index in [1.54, 1.807) is 12.5 Å². The zero-order chi connectivity index (χ0) is 13.0. The molecule has 2 rings (SSSR count). The van der Waals surface area contributed by atoms with Crippen LogP contribution in [0.3, 0.4) is 0 Å². The summed E-state index contributed by atoms with van der Waals surface area (Å²) in [5, 5.41) is 14.1. The molecule has 1 aliphatic rings. The van der Waals surface area contributed by atoms with Gasteiger partial charge >= 0.3 is 5.97 Å². The van der Waals surface area contributed by atoms with Crippen LogP contribution in [0.4, 0.5) is 0 Å². The Morgan fingerprint density at radius 2 is 2.56 bits per heavy atom. The molecule has 0 aromatic carbocycles. The number of ether oxygens (including phenoxy) is 2. The molecule has 100 valence electrons. The fraction of sp³-hybridized carbons (Fsp3) is 0.583. The molecule has 1 aliphatic heterocycles. The Hall–Kier alpha value is -0.950. The van der Waals surface area contributed by atoms with Gasteiger partial charge in [0, 0.05) is 33.2 Å². The first kappa shape index (κ1) is 13.5. The Morgan fingerprint density at radius 1 is 1.72 bits per heavy atom. The van der Waals surface area contributed by atoms with Gasteiger partial charge in [-0.15, -0.1) is 11.3 Å². The molecule has 0 amide bonds. The van der Waals surface area contributed by atoms with Gasteiger partial charge in [-0.3, -0.25) is 0 Å². The van der Waals surface area contributed by atoms with Gasteiger partial charge in [-0.25, -0.2) is 4.79 Å². The number of carboxylic acid groups (broad SMARTS) is 1. The van der Waals surface area contributed by atoms with Crippen molar-refractivity contribution >= 4 is 17.3 Å². The van der Waals surface area contributed by atoms with Crippen LogP contribution < -0.4 is 5.32 Å². The topological polar surface area (TPSA) is 67.8 Å². The third-order valence-electron chi connectivity index (χ3n) is 3.20. The zero-order valence-electron chi connectivity index (χ0n) is 10.3. The van der Waals surface area contributed by atoms with Crippen molar-refractivity contribution in [1.82, 2.24) is 5.32 Å². The summed E-state index contributed by atoms with van der Waals surface area (Å²) in [5.41, 5.74) is 0.553. The van der Waals surface area contributed by atoms with Crippen molar-refractivity contribution in [2.24, 2.45) is 0 Å². The molecule has 1 aromatic rings. The molecular formula is C12H17NO4S. The molecule has 0 radical (unpaired) electrons. The van der Waals surface area contributed by atoms with Gasteiger partial charge in [0.2, 0.25) is 0 Å². The summed E-state index contributed by atoms with van der Waals surface area (Å²) in [5.74, 6) is -0.868. The highest BCUT2D eigenvalue weighted by Gasteiger charge is 2.34. The first-order chi connectivity index (χ1) is 8.67. The monoisotopic (exact) mass is 271 g/mol. The lowest BCUT2D eigenvalue weighted by atomic mass is 10.0. The summed E-state index contributed by atoms with van der Waals surface area (Å²) >= 11 is 1.25. The first-order valence-corrected chi connectivity index (χ1v) is 6.68. The Bertz CT molecular complexity index is 412. The normalized spacial score (nSPS) is 23.4. The minimum atomic E-state index is -0.868. The van der Waals surface area contributed by atoms with Crippen molar-refractivity contribution in [2.75, 3.05) is 26.9 Å². The van der Waals surface area contributed by atoms with Gasteiger partial charge in [0.15, 0.2) is 0 Å². The smallest absolute Gasteiger partial charge is 0.346 e. The number of methoxy groups -OCH3 is 1. The molecule has 2 heterocycles. The molecule has 6 heteroatoms. The maximum atomic E-state index is 11.0. The molecule has 0 aliphatic carbocycles. The van der Waals surface area contributed by atoms with Crippen LogP contribution in [0, 0.1) is 0 Å². The van der Waals surface area contributed by atoms with Crippen molar-refractivity contribution < 1.29 is 19.4 Å². The average Bonchev–Trinajstić information content (AvgIpc) is 2.98. The molecule has 1 fully saturated rings. The second kappa shape index (κ2) is 5.79. The number of carboxylic acids is 1. The van der Waals surface area contributed by atoms with Crippen LogP contribution in [-0.4, -0.2) is 43.5 Å². The molecule has 0 saturated carbocycles. The molecule has 1 unspecified atom stereocenters. The van der Waals surface area contributed by atoms with Crippen molar-refractivity contribution in [3.63, 3.8) is 0 Å². The van der Waals surface area contributed by atoms with Crippen LogP contribution in [0.5, 0.6) is 0 Å². The van der Waals surface area contributed by atoms with E-state index in [1.807, 2.05) is 6.07 Å². The van der Waals surface area contributed by atoms with Gasteiger partial charge in [-0.05, 0) is 17.0 Å². The second-order valence-electron chi connectivity index (χ2n) is 4.37. The molecule has 1 saturated heterocycles. The highest BCUT2D eigenvalue weighted by atomic mass is 32.1. The Balaban J connectivity index is 1.88. The summed E-state index contributed by atoms with van der Waals surface area (Å²) in [6.07, 6.45) is 0.867. The summed E-state index contributed by atoms with van der Waals surface area (Å²) in [6.45, 7) is 2.51. The third kappa shape index (κ3) is 2.89. The predicted octanol–water partition coefficient (Wildman–Crippen LogP) is 1.34. The van der Waals surface area contributed by atoms with E-state index in [0.717, 1.165) is 12.0 Å². The molecule has 0 bridgehead atoms. The van der Waals surface area contributed by atoms with E-state index in [1.165, 1.54) is 11.3 Å². The summed E-state index contributed by atoms with van der Waals surface area (Å²) in [4.78, 5) is 11.4. The van der Waals surface area contributed by atoms with Gasteiger partial charge in [0.1, 0.15) is 10.5 Å². The van der Waals surface area contributed by atoms with Crippen LogP contribution in [0.25, 0.3) is 0 Å². The molecule has 5 nitrogen and oxygen atoms in total. The van der Waals surface area contributed by atoms with E-state index in [9.17, 15) is 4.79 Å². The molecule has 2 N–H and O–H groups in total. The van der Waals surface area contributed by atoms with Crippen LogP contribution in [-0.2, 0) is 16.0 Å². The van der Waals surface area contributed by atoms with Crippen LogP contribution in [0.2, 0.25) is 0 Å². The lowest BCUT2D eigenvalue weighted by Crippen LogP contribution is -2.42. The SMILES string of the molecule is COC1(CNCc2ccsc2C(=O)O)CCOC1. The highest BCUT2D eigenvalue weighted by Crippen LogP contribution is 2.22. The van der Waals surface area contributed by atoms with Crippen LogP contribution >= 0.6 is 11.3 Å². The first-order valence-electron chi connectivity index (χ1n) is 5.80. The lowest BCUT2D eigenvalue weighted by Gasteiger charge is -2.26. The van der Waals surface area contributed by atoms with Gasteiger partial charge < -0.3 is 19.9 Å². The second-order valence-corrected chi connectivity index (χ2v) is 5.29. The number of hydrogen-bond donors (Lipinski definition) is 2. The van der Waals surface area contributed by atoms with E-state index >= 15 is 0 Å². The van der Waals surface area contributed by atoms with E-state index in [2.05, 4.69) is 5.32 Å². The standard InChI is InChI=1S/C12H17NO4S/c1-16-12(3-4-17-8-12)7-13-6-9-2-5-18-10(9)11(14)15/h2,5,13H,3-4,6-8H2,1H3,(H,14,15). The fourth-order valence-corrected chi connectivity index (χ4v) is 2.81. The van der Waals surface area contributed by atoms with Crippen molar-refractivity contribution in [3.8, 4) is 0 Å². The molecule has 1 aromatic heterocycles. The third-order valence-corrected chi connectivity index (χ3v) is 4.15. The fourth-order valence-electron chi connectivity index (χ4n) is 2.05.